The zero-order valence-corrected chi connectivity index (χ0v) is 12.5. The van der Waals surface area contributed by atoms with E-state index in [9.17, 15) is 0 Å². The molecule has 0 spiro atoms. The lowest BCUT2D eigenvalue weighted by Crippen LogP contribution is -2.35. The molecule has 0 amide bonds. The van der Waals surface area contributed by atoms with Crippen LogP contribution in [0.4, 0.5) is 0 Å². The van der Waals surface area contributed by atoms with Crippen LogP contribution in [0.3, 0.4) is 0 Å². The lowest BCUT2D eigenvalue weighted by Gasteiger charge is -2.20. The van der Waals surface area contributed by atoms with Crippen LogP contribution in [0.1, 0.15) is 32.0 Å². The van der Waals surface area contributed by atoms with Crippen LogP contribution in [-0.2, 0) is 6.54 Å². The Morgan fingerprint density at radius 1 is 1.32 bits per heavy atom. The highest BCUT2D eigenvalue weighted by molar-refractivity contribution is 6.30. The molecule has 0 saturated heterocycles. The Morgan fingerprint density at radius 2 is 2.05 bits per heavy atom. The number of benzene rings is 1. The molecule has 2 rings (SSSR count). The Labute approximate surface area is 118 Å². The molecule has 0 atom stereocenters. The van der Waals surface area contributed by atoms with Gasteiger partial charge in [0.25, 0.3) is 0 Å². The van der Waals surface area contributed by atoms with Crippen molar-refractivity contribution in [2.45, 2.75) is 39.8 Å². The second-order valence-electron chi connectivity index (χ2n) is 5.67. The number of hydrogen-bond acceptors (Lipinski definition) is 3. The zero-order chi connectivity index (χ0) is 14.0. The fourth-order valence-electron chi connectivity index (χ4n) is 1.75. The van der Waals surface area contributed by atoms with E-state index in [0.717, 1.165) is 16.9 Å². The van der Waals surface area contributed by atoms with E-state index >= 15 is 0 Å². The van der Waals surface area contributed by atoms with Gasteiger partial charge < -0.3 is 5.32 Å². The van der Waals surface area contributed by atoms with Gasteiger partial charge in [-0.2, -0.15) is 0 Å². The van der Waals surface area contributed by atoms with Gasteiger partial charge in [-0.1, -0.05) is 22.9 Å². The minimum absolute atomic E-state index is 0.0540. The predicted octanol–water partition coefficient (Wildman–Crippen LogP) is 3.12. The molecule has 0 aliphatic heterocycles. The molecule has 102 valence electrons. The quantitative estimate of drug-likeness (QED) is 0.938. The molecular formula is C14H19ClN4. The van der Waals surface area contributed by atoms with E-state index in [0.29, 0.717) is 11.6 Å². The van der Waals surface area contributed by atoms with Crippen molar-refractivity contribution in [1.82, 2.24) is 20.3 Å². The summed E-state index contributed by atoms with van der Waals surface area (Å²) in [6.07, 6.45) is 1.78. The highest BCUT2D eigenvalue weighted by atomic mass is 35.5. The first-order chi connectivity index (χ1) is 8.87. The van der Waals surface area contributed by atoms with Crippen LogP contribution in [0, 0.1) is 6.92 Å². The Kier molecular flexibility index (Phi) is 3.92. The first-order valence-corrected chi connectivity index (χ1v) is 6.66. The van der Waals surface area contributed by atoms with E-state index in [1.54, 1.807) is 6.20 Å². The molecule has 4 nitrogen and oxygen atoms in total. The summed E-state index contributed by atoms with van der Waals surface area (Å²) < 4.78 is 1.83. The third kappa shape index (κ3) is 3.55. The van der Waals surface area contributed by atoms with Gasteiger partial charge in [-0.15, -0.1) is 5.10 Å². The van der Waals surface area contributed by atoms with E-state index < -0.39 is 0 Å². The molecule has 5 heteroatoms. The highest BCUT2D eigenvalue weighted by Crippen LogP contribution is 2.20. The average Bonchev–Trinajstić information content (AvgIpc) is 2.77. The topological polar surface area (TPSA) is 42.7 Å². The van der Waals surface area contributed by atoms with Gasteiger partial charge in [0, 0.05) is 17.1 Å². The molecule has 1 aromatic carbocycles. The fraction of sp³-hybridized carbons (Fsp3) is 0.429. The van der Waals surface area contributed by atoms with Crippen molar-refractivity contribution < 1.29 is 0 Å². The van der Waals surface area contributed by atoms with Gasteiger partial charge >= 0.3 is 0 Å². The van der Waals surface area contributed by atoms with Crippen LogP contribution in [-0.4, -0.2) is 20.5 Å². The third-order valence-electron chi connectivity index (χ3n) is 2.82. The molecule has 2 aromatic rings. The van der Waals surface area contributed by atoms with E-state index in [2.05, 4.69) is 36.4 Å². The van der Waals surface area contributed by atoms with Crippen LogP contribution >= 0.6 is 11.6 Å². The van der Waals surface area contributed by atoms with Crippen molar-refractivity contribution in [3.05, 3.63) is 40.7 Å². The monoisotopic (exact) mass is 278 g/mol. The minimum atomic E-state index is 0.0540. The normalized spacial score (nSPS) is 11.8. The van der Waals surface area contributed by atoms with Crippen LogP contribution in [0.5, 0.6) is 0 Å². The average molecular weight is 279 g/mol. The molecule has 1 aromatic heterocycles. The molecule has 0 saturated carbocycles. The van der Waals surface area contributed by atoms with Gasteiger partial charge in [-0.25, -0.2) is 4.68 Å². The van der Waals surface area contributed by atoms with Crippen molar-refractivity contribution >= 4 is 11.6 Å². The van der Waals surface area contributed by atoms with Crippen LogP contribution in [0.2, 0.25) is 5.02 Å². The molecule has 0 aliphatic rings. The zero-order valence-electron chi connectivity index (χ0n) is 11.7. The van der Waals surface area contributed by atoms with E-state index in [4.69, 9.17) is 11.6 Å². The Hall–Kier alpha value is -1.39. The van der Waals surface area contributed by atoms with Gasteiger partial charge in [0.05, 0.1) is 17.6 Å². The second kappa shape index (κ2) is 5.31. The van der Waals surface area contributed by atoms with E-state index in [1.165, 1.54) is 0 Å². The van der Waals surface area contributed by atoms with E-state index in [-0.39, 0.29) is 5.54 Å². The molecule has 0 radical (unpaired) electrons. The van der Waals surface area contributed by atoms with Crippen LogP contribution in [0.25, 0.3) is 5.69 Å². The summed E-state index contributed by atoms with van der Waals surface area (Å²) in [5, 5.41) is 12.3. The summed E-state index contributed by atoms with van der Waals surface area (Å²) in [6, 6.07) is 5.77. The van der Waals surface area contributed by atoms with Crippen molar-refractivity contribution in [3.8, 4) is 5.69 Å². The predicted molar refractivity (Wildman–Crippen MR) is 77.7 cm³/mol. The van der Waals surface area contributed by atoms with Crippen molar-refractivity contribution in [1.29, 1.82) is 0 Å². The maximum atomic E-state index is 6.06. The Morgan fingerprint density at radius 3 is 2.74 bits per heavy atom. The smallest absolute Gasteiger partial charge is 0.0783 e. The molecule has 0 aliphatic carbocycles. The lowest BCUT2D eigenvalue weighted by atomic mass is 10.1. The van der Waals surface area contributed by atoms with Gasteiger partial charge in [-0.3, -0.25) is 0 Å². The van der Waals surface area contributed by atoms with Crippen molar-refractivity contribution in [2.24, 2.45) is 0 Å². The highest BCUT2D eigenvalue weighted by Gasteiger charge is 2.13. The summed E-state index contributed by atoms with van der Waals surface area (Å²) in [4.78, 5) is 0. The summed E-state index contributed by atoms with van der Waals surface area (Å²) in [7, 11) is 0. The number of nitrogens with one attached hydrogen (secondary N) is 1. The number of aromatic nitrogens is 3. The Balaban J connectivity index is 2.31. The standard InChI is InChI=1S/C14H19ClN4/c1-10-5-6-11(15)7-13(10)19-12(9-17-18-19)8-16-14(2,3)4/h5-7,9,16H,8H2,1-4H3. The van der Waals surface area contributed by atoms with Gasteiger partial charge in [0.2, 0.25) is 0 Å². The second-order valence-corrected chi connectivity index (χ2v) is 6.11. The van der Waals surface area contributed by atoms with Gasteiger partial charge in [-0.05, 0) is 45.4 Å². The van der Waals surface area contributed by atoms with Gasteiger partial charge in [0.1, 0.15) is 0 Å². The summed E-state index contributed by atoms with van der Waals surface area (Å²) in [6.45, 7) is 9.14. The third-order valence-corrected chi connectivity index (χ3v) is 3.05. The number of halogens is 1. The lowest BCUT2D eigenvalue weighted by molar-refractivity contribution is 0.418. The van der Waals surface area contributed by atoms with Crippen LogP contribution in [0.15, 0.2) is 24.4 Å². The van der Waals surface area contributed by atoms with Crippen LogP contribution < -0.4 is 5.32 Å². The van der Waals surface area contributed by atoms with Crippen molar-refractivity contribution in [3.63, 3.8) is 0 Å². The Bertz CT molecular complexity index is 569. The molecule has 0 fully saturated rings. The number of hydrogen-bond donors (Lipinski definition) is 1. The maximum Gasteiger partial charge on any atom is 0.0783 e. The molecule has 0 bridgehead atoms. The molecule has 19 heavy (non-hydrogen) atoms. The number of rotatable bonds is 3. The first-order valence-electron chi connectivity index (χ1n) is 6.28. The molecular weight excluding hydrogens is 260 g/mol. The van der Waals surface area contributed by atoms with E-state index in [1.807, 2.05) is 29.8 Å². The fourth-order valence-corrected chi connectivity index (χ4v) is 1.91. The number of nitrogens with zero attached hydrogens (tertiary/aromatic N) is 3. The summed E-state index contributed by atoms with van der Waals surface area (Å²) in [5.41, 5.74) is 3.15. The summed E-state index contributed by atoms with van der Waals surface area (Å²) >= 11 is 6.06. The molecule has 1 heterocycles. The SMILES string of the molecule is Cc1ccc(Cl)cc1-n1nncc1CNC(C)(C)C. The van der Waals surface area contributed by atoms with Crippen molar-refractivity contribution in [2.75, 3.05) is 0 Å². The minimum Gasteiger partial charge on any atom is -0.306 e. The molecule has 1 N–H and O–H groups in total. The number of aryl methyl sites for hydroxylation is 1. The molecule has 0 unspecified atom stereocenters. The van der Waals surface area contributed by atoms with Gasteiger partial charge in [0.15, 0.2) is 0 Å². The maximum absolute atomic E-state index is 6.06. The summed E-state index contributed by atoms with van der Waals surface area (Å²) in [5.74, 6) is 0. The first kappa shape index (κ1) is 14.0. The largest absolute Gasteiger partial charge is 0.306 e.